The summed E-state index contributed by atoms with van der Waals surface area (Å²) in [6.07, 6.45) is 3.61. The Bertz CT molecular complexity index is 1130. The van der Waals surface area contributed by atoms with Gasteiger partial charge in [0.05, 0.1) is 30.1 Å². The van der Waals surface area contributed by atoms with E-state index in [1.165, 1.54) is 0 Å². The van der Waals surface area contributed by atoms with Crippen LogP contribution in [0.1, 0.15) is 10.4 Å². The molecule has 0 aliphatic carbocycles. The maximum absolute atomic E-state index is 13.0. The minimum Gasteiger partial charge on any atom is -0.497 e. The number of fused-ring (bicyclic) bond motifs is 1. The first kappa shape index (κ1) is 16.8. The number of para-hydroxylation sites is 1. The molecule has 0 unspecified atom stereocenters. The van der Waals surface area contributed by atoms with Crippen LogP contribution in [0.3, 0.4) is 0 Å². The van der Waals surface area contributed by atoms with Crippen molar-refractivity contribution in [1.82, 2.24) is 14.8 Å². The SMILES string of the molecule is COc1cccc(NC(=O)c2cc(-c3cnn(C)c3)nc3ccccc23)c1. The summed E-state index contributed by atoms with van der Waals surface area (Å²) in [6, 6.07) is 16.7. The van der Waals surface area contributed by atoms with Gasteiger partial charge in [-0.05, 0) is 24.3 Å². The van der Waals surface area contributed by atoms with Crippen LogP contribution in [0.15, 0.2) is 67.0 Å². The van der Waals surface area contributed by atoms with Crippen LogP contribution in [0, 0.1) is 0 Å². The fourth-order valence-corrected chi connectivity index (χ4v) is 2.96. The molecule has 134 valence electrons. The molecule has 0 atom stereocenters. The summed E-state index contributed by atoms with van der Waals surface area (Å²) in [5.41, 5.74) is 3.55. The molecule has 6 nitrogen and oxygen atoms in total. The zero-order valence-corrected chi connectivity index (χ0v) is 15.0. The molecule has 4 aromatic rings. The number of carbonyl (C=O) groups is 1. The maximum atomic E-state index is 13.0. The Morgan fingerprint density at radius 3 is 2.74 bits per heavy atom. The number of benzene rings is 2. The molecule has 0 fully saturated rings. The first-order chi connectivity index (χ1) is 13.1. The lowest BCUT2D eigenvalue weighted by Crippen LogP contribution is -2.13. The highest BCUT2D eigenvalue weighted by molar-refractivity contribution is 6.13. The van der Waals surface area contributed by atoms with Crippen LogP contribution in [0.2, 0.25) is 0 Å². The number of hydrogen-bond donors (Lipinski definition) is 1. The summed E-state index contributed by atoms with van der Waals surface area (Å²) in [7, 11) is 3.44. The molecule has 0 spiro atoms. The van der Waals surface area contributed by atoms with Crippen molar-refractivity contribution in [2.45, 2.75) is 0 Å². The number of rotatable bonds is 4. The third kappa shape index (κ3) is 3.37. The number of aryl methyl sites for hydroxylation is 1. The number of aromatic nitrogens is 3. The van der Waals surface area contributed by atoms with E-state index in [1.54, 1.807) is 30.1 Å². The van der Waals surface area contributed by atoms with Gasteiger partial charge in [0.1, 0.15) is 5.75 Å². The van der Waals surface area contributed by atoms with Crippen LogP contribution >= 0.6 is 0 Å². The maximum Gasteiger partial charge on any atom is 0.256 e. The second-order valence-electron chi connectivity index (χ2n) is 6.16. The summed E-state index contributed by atoms with van der Waals surface area (Å²) in [5.74, 6) is 0.482. The lowest BCUT2D eigenvalue weighted by Gasteiger charge is -2.10. The van der Waals surface area contributed by atoms with E-state index in [4.69, 9.17) is 4.74 Å². The average Bonchev–Trinajstić information content (AvgIpc) is 3.13. The van der Waals surface area contributed by atoms with E-state index in [1.807, 2.05) is 55.7 Å². The molecule has 0 saturated carbocycles. The van der Waals surface area contributed by atoms with E-state index in [-0.39, 0.29) is 5.91 Å². The second kappa shape index (κ2) is 6.92. The molecule has 0 saturated heterocycles. The van der Waals surface area contributed by atoms with Gasteiger partial charge in [-0.2, -0.15) is 5.10 Å². The molecule has 6 heteroatoms. The Hall–Kier alpha value is -3.67. The van der Waals surface area contributed by atoms with E-state index in [2.05, 4.69) is 15.4 Å². The predicted octanol–water partition coefficient (Wildman–Crippen LogP) is 3.90. The van der Waals surface area contributed by atoms with Crippen LogP contribution in [-0.4, -0.2) is 27.8 Å². The Labute approximate surface area is 156 Å². The zero-order valence-electron chi connectivity index (χ0n) is 15.0. The highest BCUT2D eigenvalue weighted by atomic mass is 16.5. The summed E-state index contributed by atoms with van der Waals surface area (Å²) in [5, 5.41) is 7.93. The lowest BCUT2D eigenvalue weighted by atomic mass is 10.0. The first-order valence-corrected chi connectivity index (χ1v) is 8.48. The van der Waals surface area contributed by atoms with Gasteiger partial charge in [0.25, 0.3) is 5.91 Å². The van der Waals surface area contributed by atoms with E-state index < -0.39 is 0 Å². The molecular formula is C21H18N4O2. The van der Waals surface area contributed by atoms with Crippen LogP contribution in [-0.2, 0) is 7.05 Å². The van der Waals surface area contributed by atoms with Crippen LogP contribution in [0.25, 0.3) is 22.2 Å². The highest BCUT2D eigenvalue weighted by Gasteiger charge is 2.15. The molecule has 2 aromatic heterocycles. The minimum atomic E-state index is -0.202. The Morgan fingerprint density at radius 2 is 1.96 bits per heavy atom. The van der Waals surface area contributed by atoms with Gasteiger partial charge in [0, 0.05) is 35.9 Å². The molecular weight excluding hydrogens is 340 g/mol. The van der Waals surface area contributed by atoms with E-state index >= 15 is 0 Å². The van der Waals surface area contributed by atoms with Crippen molar-refractivity contribution in [2.24, 2.45) is 7.05 Å². The molecule has 2 heterocycles. The highest BCUT2D eigenvalue weighted by Crippen LogP contribution is 2.26. The quantitative estimate of drug-likeness (QED) is 0.601. The molecule has 2 aromatic carbocycles. The van der Waals surface area contributed by atoms with Crippen LogP contribution in [0.4, 0.5) is 5.69 Å². The fraction of sp³-hybridized carbons (Fsp3) is 0.0952. The van der Waals surface area contributed by atoms with Gasteiger partial charge in [-0.1, -0.05) is 24.3 Å². The summed E-state index contributed by atoms with van der Waals surface area (Å²) in [4.78, 5) is 17.7. The summed E-state index contributed by atoms with van der Waals surface area (Å²) in [6.45, 7) is 0. The van der Waals surface area contributed by atoms with E-state index in [0.717, 1.165) is 16.5 Å². The van der Waals surface area contributed by atoms with Gasteiger partial charge in [0.2, 0.25) is 0 Å². The number of nitrogens with zero attached hydrogens (tertiary/aromatic N) is 3. The van der Waals surface area contributed by atoms with E-state index in [0.29, 0.717) is 22.7 Å². The topological polar surface area (TPSA) is 69.0 Å². The molecule has 27 heavy (non-hydrogen) atoms. The largest absolute Gasteiger partial charge is 0.497 e. The second-order valence-corrected chi connectivity index (χ2v) is 6.16. The van der Waals surface area contributed by atoms with Crippen molar-refractivity contribution < 1.29 is 9.53 Å². The van der Waals surface area contributed by atoms with Gasteiger partial charge in [-0.25, -0.2) is 4.98 Å². The fourth-order valence-electron chi connectivity index (χ4n) is 2.96. The Balaban J connectivity index is 1.78. The number of ether oxygens (including phenoxy) is 1. The monoisotopic (exact) mass is 358 g/mol. The van der Waals surface area contributed by atoms with Crippen LogP contribution < -0.4 is 10.1 Å². The third-order valence-corrected chi connectivity index (χ3v) is 4.29. The molecule has 0 radical (unpaired) electrons. The van der Waals surface area contributed by atoms with Crippen molar-refractivity contribution in [3.63, 3.8) is 0 Å². The van der Waals surface area contributed by atoms with Crippen molar-refractivity contribution in [2.75, 3.05) is 12.4 Å². The van der Waals surface area contributed by atoms with Gasteiger partial charge < -0.3 is 10.1 Å². The number of anilines is 1. The van der Waals surface area contributed by atoms with Gasteiger partial charge >= 0.3 is 0 Å². The van der Waals surface area contributed by atoms with Crippen LogP contribution in [0.5, 0.6) is 5.75 Å². The molecule has 1 N–H and O–H groups in total. The number of amides is 1. The zero-order chi connectivity index (χ0) is 18.8. The number of nitrogens with one attached hydrogen (secondary N) is 1. The molecule has 0 aliphatic heterocycles. The Kier molecular flexibility index (Phi) is 4.30. The standard InChI is InChI=1S/C21H18N4O2/c1-25-13-14(12-22-25)20-11-18(17-8-3-4-9-19(17)24-20)21(26)23-15-6-5-7-16(10-15)27-2/h3-13H,1-2H3,(H,23,26). The summed E-state index contributed by atoms with van der Waals surface area (Å²) < 4.78 is 6.93. The summed E-state index contributed by atoms with van der Waals surface area (Å²) >= 11 is 0. The lowest BCUT2D eigenvalue weighted by molar-refractivity contribution is 0.102. The first-order valence-electron chi connectivity index (χ1n) is 8.48. The van der Waals surface area contributed by atoms with Gasteiger partial charge in [0.15, 0.2) is 0 Å². The number of carbonyl (C=O) groups excluding carboxylic acids is 1. The minimum absolute atomic E-state index is 0.202. The molecule has 0 bridgehead atoms. The Morgan fingerprint density at radius 1 is 1.11 bits per heavy atom. The van der Waals surface area contributed by atoms with Crippen molar-refractivity contribution >= 4 is 22.5 Å². The van der Waals surface area contributed by atoms with Crippen molar-refractivity contribution in [3.05, 3.63) is 72.6 Å². The smallest absolute Gasteiger partial charge is 0.256 e. The van der Waals surface area contributed by atoms with E-state index in [9.17, 15) is 4.79 Å². The third-order valence-electron chi connectivity index (χ3n) is 4.29. The predicted molar refractivity (Wildman–Crippen MR) is 105 cm³/mol. The average molecular weight is 358 g/mol. The van der Waals surface area contributed by atoms with Crippen molar-refractivity contribution in [3.8, 4) is 17.0 Å². The molecule has 1 amide bonds. The number of hydrogen-bond acceptors (Lipinski definition) is 4. The number of methoxy groups -OCH3 is 1. The normalized spacial score (nSPS) is 10.7. The van der Waals surface area contributed by atoms with Gasteiger partial charge in [-0.15, -0.1) is 0 Å². The molecule has 0 aliphatic rings. The molecule has 4 rings (SSSR count). The number of pyridine rings is 1. The van der Waals surface area contributed by atoms with Crippen molar-refractivity contribution in [1.29, 1.82) is 0 Å². The van der Waals surface area contributed by atoms with Gasteiger partial charge in [-0.3, -0.25) is 9.48 Å².